The largest absolute Gasteiger partial charge is 0.491 e. The molecule has 0 saturated carbocycles. The first-order valence-electron chi connectivity index (χ1n) is 7.64. The molecule has 1 aliphatic rings. The lowest BCUT2D eigenvalue weighted by Gasteiger charge is -2.32. The normalized spacial score (nSPS) is 20.0. The van der Waals surface area contributed by atoms with Crippen molar-refractivity contribution in [3.63, 3.8) is 0 Å². The summed E-state index contributed by atoms with van der Waals surface area (Å²) in [7, 11) is -0.634. The number of halogens is 1. The van der Waals surface area contributed by atoms with E-state index in [0.29, 0.717) is 16.6 Å². The first-order chi connectivity index (χ1) is 10.6. The van der Waals surface area contributed by atoms with Crippen molar-refractivity contribution in [2.45, 2.75) is 45.8 Å². The average molecular weight is 319 g/mol. The van der Waals surface area contributed by atoms with Gasteiger partial charge in [0.2, 0.25) is 0 Å². The number of carbonyl (C=O) groups excluding carboxylic acids is 1. The molecule has 1 heterocycles. The van der Waals surface area contributed by atoms with Gasteiger partial charge in [-0.25, -0.2) is 4.39 Å². The second kappa shape index (κ2) is 6.19. The maximum Gasteiger partial charge on any atom is 0.491 e. The molecule has 0 radical (unpaired) electrons. The van der Waals surface area contributed by atoms with Crippen molar-refractivity contribution in [2.24, 2.45) is 5.73 Å². The van der Waals surface area contributed by atoms with Gasteiger partial charge in [0, 0.05) is 17.7 Å². The zero-order valence-electron chi connectivity index (χ0n) is 14.3. The van der Waals surface area contributed by atoms with E-state index in [4.69, 9.17) is 15.0 Å². The molecule has 2 N–H and O–H groups in total. The fourth-order valence-electron chi connectivity index (χ4n) is 2.29. The molecule has 1 fully saturated rings. The molecule has 6 heteroatoms. The lowest BCUT2D eigenvalue weighted by molar-refractivity contribution is 0.00578. The zero-order chi connectivity index (χ0) is 17.4. The van der Waals surface area contributed by atoms with Crippen molar-refractivity contribution in [1.82, 2.24) is 0 Å². The standard InChI is InChI=1S/C17H23BFNO3/c1-11(21)12-6-7-15(19)13(8-12)9-14(10-20)18-22-16(2,3)17(4,5)23-18/h6-9H,10,20H2,1-5H3. The van der Waals surface area contributed by atoms with Gasteiger partial charge < -0.3 is 15.0 Å². The number of hydrogen-bond donors (Lipinski definition) is 1. The van der Waals surface area contributed by atoms with E-state index >= 15 is 0 Å². The first-order valence-corrected chi connectivity index (χ1v) is 7.64. The van der Waals surface area contributed by atoms with Gasteiger partial charge in [0.1, 0.15) is 5.82 Å². The van der Waals surface area contributed by atoms with E-state index in [0.717, 1.165) is 0 Å². The molecule has 124 valence electrons. The number of nitrogens with two attached hydrogens (primary N) is 1. The quantitative estimate of drug-likeness (QED) is 0.684. The van der Waals surface area contributed by atoms with Gasteiger partial charge in [0.15, 0.2) is 5.78 Å². The van der Waals surface area contributed by atoms with Gasteiger partial charge in [0.25, 0.3) is 0 Å². The highest BCUT2D eigenvalue weighted by atomic mass is 19.1. The molecule has 0 aliphatic carbocycles. The third kappa shape index (κ3) is 3.55. The highest BCUT2D eigenvalue weighted by molar-refractivity contribution is 6.55. The summed E-state index contributed by atoms with van der Waals surface area (Å²) >= 11 is 0. The lowest BCUT2D eigenvalue weighted by atomic mass is 9.77. The van der Waals surface area contributed by atoms with Crippen LogP contribution in [0.4, 0.5) is 4.39 Å². The molecule has 1 aromatic carbocycles. The van der Waals surface area contributed by atoms with Crippen molar-refractivity contribution >= 4 is 19.0 Å². The van der Waals surface area contributed by atoms with Crippen LogP contribution in [0, 0.1) is 5.82 Å². The molecule has 1 aromatic rings. The van der Waals surface area contributed by atoms with Crippen molar-refractivity contribution in [3.8, 4) is 0 Å². The van der Waals surface area contributed by atoms with Crippen LogP contribution in [0.5, 0.6) is 0 Å². The van der Waals surface area contributed by atoms with Crippen LogP contribution in [-0.2, 0) is 9.31 Å². The fraction of sp³-hybridized carbons (Fsp3) is 0.471. The van der Waals surface area contributed by atoms with Crippen LogP contribution in [0.3, 0.4) is 0 Å². The summed E-state index contributed by atoms with van der Waals surface area (Å²) in [5.74, 6) is -0.540. The number of ketones is 1. The van der Waals surface area contributed by atoms with Crippen LogP contribution >= 0.6 is 0 Å². The molecule has 0 amide bonds. The predicted molar refractivity (Wildman–Crippen MR) is 89.5 cm³/mol. The zero-order valence-corrected chi connectivity index (χ0v) is 14.3. The van der Waals surface area contributed by atoms with E-state index in [2.05, 4.69) is 0 Å². The van der Waals surface area contributed by atoms with Crippen LogP contribution in [0.25, 0.3) is 6.08 Å². The molecule has 0 aromatic heterocycles. The van der Waals surface area contributed by atoms with E-state index in [-0.39, 0.29) is 12.3 Å². The van der Waals surface area contributed by atoms with E-state index < -0.39 is 24.1 Å². The van der Waals surface area contributed by atoms with Crippen LogP contribution in [0.2, 0.25) is 0 Å². The number of rotatable bonds is 4. The third-order valence-corrected chi connectivity index (χ3v) is 4.54. The molecule has 4 nitrogen and oxygen atoms in total. The Balaban J connectivity index is 2.37. The van der Waals surface area contributed by atoms with Gasteiger partial charge in [0.05, 0.1) is 11.2 Å². The Morgan fingerprint density at radius 1 is 1.26 bits per heavy atom. The highest BCUT2D eigenvalue weighted by Crippen LogP contribution is 2.38. The SMILES string of the molecule is CC(=O)c1ccc(F)c(C=C(CN)B2OC(C)(C)C(C)(C)O2)c1. The monoisotopic (exact) mass is 319 g/mol. The molecule has 2 rings (SSSR count). The second-order valence-electron chi connectivity index (χ2n) is 6.80. The Hall–Kier alpha value is -1.50. The minimum Gasteiger partial charge on any atom is -0.400 e. The van der Waals surface area contributed by atoms with Gasteiger partial charge in [-0.2, -0.15) is 0 Å². The lowest BCUT2D eigenvalue weighted by Crippen LogP contribution is -2.41. The summed E-state index contributed by atoms with van der Waals surface area (Å²) in [6.07, 6.45) is 1.60. The van der Waals surface area contributed by atoms with Crippen LogP contribution in [0.1, 0.15) is 50.5 Å². The van der Waals surface area contributed by atoms with Crippen molar-refractivity contribution in [3.05, 3.63) is 40.6 Å². The third-order valence-electron chi connectivity index (χ3n) is 4.54. The second-order valence-corrected chi connectivity index (χ2v) is 6.80. The molecule has 0 bridgehead atoms. The number of carbonyl (C=O) groups is 1. The Morgan fingerprint density at radius 2 is 1.83 bits per heavy atom. The van der Waals surface area contributed by atoms with Crippen molar-refractivity contribution < 1.29 is 18.5 Å². The summed E-state index contributed by atoms with van der Waals surface area (Å²) in [4.78, 5) is 11.5. The molecular formula is C17H23BFNO3. The van der Waals surface area contributed by atoms with Gasteiger partial charge in [-0.15, -0.1) is 0 Å². The maximum absolute atomic E-state index is 14.0. The molecule has 1 aliphatic heterocycles. The highest BCUT2D eigenvalue weighted by Gasteiger charge is 2.52. The Bertz CT molecular complexity index is 639. The molecular weight excluding hydrogens is 296 g/mol. The van der Waals surface area contributed by atoms with Gasteiger partial charge >= 0.3 is 7.12 Å². The van der Waals surface area contributed by atoms with Crippen LogP contribution in [0.15, 0.2) is 23.7 Å². The van der Waals surface area contributed by atoms with Crippen molar-refractivity contribution in [2.75, 3.05) is 6.54 Å². The minimum absolute atomic E-state index is 0.121. The summed E-state index contributed by atoms with van der Waals surface area (Å²) in [6.45, 7) is 9.38. The number of Topliss-reactive ketones (excluding diaryl/α,β-unsaturated/α-hetero) is 1. The Labute approximate surface area is 137 Å². The predicted octanol–water partition coefficient (Wildman–Crippen LogP) is 3.00. The molecule has 23 heavy (non-hydrogen) atoms. The molecule has 0 unspecified atom stereocenters. The number of benzene rings is 1. The van der Waals surface area contributed by atoms with Crippen molar-refractivity contribution in [1.29, 1.82) is 0 Å². The average Bonchev–Trinajstić information content (AvgIpc) is 2.66. The fourth-order valence-corrected chi connectivity index (χ4v) is 2.29. The van der Waals surface area contributed by atoms with Crippen LogP contribution in [-0.4, -0.2) is 30.6 Å². The maximum atomic E-state index is 14.0. The first kappa shape index (κ1) is 17.9. The molecule has 1 saturated heterocycles. The summed E-state index contributed by atoms with van der Waals surface area (Å²) in [5, 5.41) is 0. The molecule has 0 spiro atoms. The molecule has 0 atom stereocenters. The van der Waals surface area contributed by atoms with Crippen LogP contribution < -0.4 is 5.73 Å². The Kier molecular flexibility index (Phi) is 4.80. The smallest absolute Gasteiger partial charge is 0.400 e. The van der Waals surface area contributed by atoms with Gasteiger partial charge in [-0.1, -0.05) is 6.08 Å². The van der Waals surface area contributed by atoms with E-state index in [9.17, 15) is 9.18 Å². The Morgan fingerprint density at radius 3 is 2.30 bits per heavy atom. The van der Waals surface area contributed by atoms with Gasteiger partial charge in [-0.05, 0) is 58.3 Å². The summed E-state index contributed by atoms with van der Waals surface area (Å²) in [6, 6.07) is 4.26. The summed E-state index contributed by atoms with van der Waals surface area (Å²) in [5.41, 5.74) is 6.19. The van der Waals surface area contributed by atoms with E-state index in [1.165, 1.54) is 25.1 Å². The van der Waals surface area contributed by atoms with Gasteiger partial charge in [-0.3, -0.25) is 4.79 Å². The van der Waals surface area contributed by atoms with E-state index in [1.54, 1.807) is 6.08 Å². The minimum atomic E-state index is -0.634. The number of hydrogen-bond acceptors (Lipinski definition) is 4. The topological polar surface area (TPSA) is 61.6 Å². The van der Waals surface area contributed by atoms with E-state index in [1.807, 2.05) is 27.7 Å². The summed E-state index contributed by atoms with van der Waals surface area (Å²) < 4.78 is 25.9.